The van der Waals surface area contributed by atoms with E-state index in [9.17, 15) is 9.59 Å². The lowest BCUT2D eigenvalue weighted by atomic mass is 10.2. The third-order valence-corrected chi connectivity index (χ3v) is 5.43. The molecule has 0 unspecified atom stereocenters. The van der Waals surface area contributed by atoms with Gasteiger partial charge in [0.15, 0.2) is 5.43 Å². The van der Waals surface area contributed by atoms with Crippen LogP contribution < -0.4 is 5.43 Å². The van der Waals surface area contributed by atoms with E-state index in [1.807, 2.05) is 7.05 Å². The smallest absolute Gasteiger partial charge is 0.225 e. The molecule has 6 nitrogen and oxygen atoms in total. The van der Waals surface area contributed by atoms with Crippen LogP contribution in [-0.2, 0) is 16.1 Å². The molecule has 4 rings (SSSR count). The molecule has 2 aliphatic rings. The number of rotatable bonds is 2. The molecule has 1 aromatic carbocycles. The minimum absolute atomic E-state index is 0.0206. The number of para-hydroxylation sites is 1. The Morgan fingerprint density at radius 1 is 1.32 bits per heavy atom. The second-order valence-electron chi connectivity index (χ2n) is 6.75. The van der Waals surface area contributed by atoms with E-state index >= 15 is 0 Å². The first-order valence-corrected chi connectivity index (χ1v) is 8.81. The summed E-state index contributed by atoms with van der Waals surface area (Å²) in [6.07, 6.45) is 0.465. The van der Waals surface area contributed by atoms with Gasteiger partial charge in [0, 0.05) is 43.8 Å². The molecule has 132 valence electrons. The average Bonchev–Trinajstić information content (AvgIpc) is 2.92. The molecule has 2 aliphatic heterocycles. The molecule has 0 saturated carbocycles. The van der Waals surface area contributed by atoms with Crippen molar-refractivity contribution in [3.8, 4) is 0 Å². The van der Waals surface area contributed by atoms with Crippen molar-refractivity contribution in [1.29, 1.82) is 0 Å². The highest BCUT2D eigenvalue weighted by atomic mass is 35.5. The van der Waals surface area contributed by atoms with Crippen LogP contribution in [0.4, 0.5) is 0 Å². The van der Waals surface area contributed by atoms with Gasteiger partial charge in [-0.25, -0.2) is 0 Å². The number of nitrogens with one attached hydrogen (secondary N) is 1. The lowest BCUT2D eigenvalue weighted by Crippen LogP contribution is -2.42. The quantitative estimate of drug-likeness (QED) is 0.882. The van der Waals surface area contributed by atoms with Crippen molar-refractivity contribution in [3.05, 3.63) is 45.2 Å². The Morgan fingerprint density at radius 3 is 3.00 bits per heavy atom. The van der Waals surface area contributed by atoms with E-state index in [2.05, 4.69) is 9.88 Å². The van der Waals surface area contributed by atoms with Gasteiger partial charge >= 0.3 is 0 Å². The highest BCUT2D eigenvalue weighted by Crippen LogP contribution is 2.24. The molecule has 1 aromatic heterocycles. The lowest BCUT2D eigenvalue weighted by molar-refractivity contribution is -0.131. The van der Waals surface area contributed by atoms with E-state index in [0.29, 0.717) is 35.5 Å². The largest absolute Gasteiger partial charge is 0.374 e. The molecule has 0 bridgehead atoms. The molecule has 2 aromatic rings. The molecule has 2 saturated heterocycles. The summed E-state index contributed by atoms with van der Waals surface area (Å²) in [5.74, 6) is 0.125. The van der Waals surface area contributed by atoms with Gasteiger partial charge < -0.3 is 14.6 Å². The van der Waals surface area contributed by atoms with Crippen LogP contribution >= 0.6 is 11.6 Å². The predicted octanol–water partition coefficient (Wildman–Crippen LogP) is 1.61. The van der Waals surface area contributed by atoms with Gasteiger partial charge in [0.2, 0.25) is 5.91 Å². The van der Waals surface area contributed by atoms with Crippen LogP contribution in [0.2, 0.25) is 5.02 Å². The van der Waals surface area contributed by atoms with Crippen molar-refractivity contribution in [2.75, 3.05) is 26.7 Å². The average molecular weight is 362 g/mol. The van der Waals surface area contributed by atoms with Crippen LogP contribution in [0.5, 0.6) is 0 Å². The molecule has 3 heterocycles. The van der Waals surface area contributed by atoms with Crippen molar-refractivity contribution >= 4 is 28.4 Å². The summed E-state index contributed by atoms with van der Waals surface area (Å²) in [7, 11) is 1.84. The topological polar surface area (TPSA) is 65.6 Å². The summed E-state index contributed by atoms with van der Waals surface area (Å²) >= 11 is 6.22. The van der Waals surface area contributed by atoms with Gasteiger partial charge in [0.05, 0.1) is 35.7 Å². The number of aromatic amines is 1. The molecular weight excluding hydrogens is 342 g/mol. The molecule has 0 aliphatic carbocycles. The van der Waals surface area contributed by atoms with Crippen LogP contribution in [0.1, 0.15) is 12.1 Å². The van der Waals surface area contributed by atoms with Crippen LogP contribution in [0, 0.1) is 0 Å². The zero-order valence-electron chi connectivity index (χ0n) is 14.0. The minimum Gasteiger partial charge on any atom is -0.374 e. The number of halogens is 1. The molecule has 2 atom stereocenters. The maximum atomic E-state index is 12.3. The maximum Gasteiger partial charge on any atom is 0.225 e. The number of carbonyl (C=O) groups excluding carboxylic acids is 1. The van der Waals surface area contributed by atoms with Crippen LogP contribution in [-0.4, -0.2) is 59.6 Å². The highest BCUT2D eigenvalue weighted by Gasteiger charge is 2.39. The summed E-state index contributed by atoms with van der Waals surface area (Å²) in [5.41, 5.74) is 1.45. The number of carbonyl (C=O) groups is 1. The van der Waals surface area contributed by atoms with Gasteiger partial charge in [-0.05, 0) is 12.1 Å². The van der Waals surface area contributed by atoms with Crippen molar-refractivity contribution in [1.82, 2.24) is 14.8 Å². The van der Waals surface area contributed by atoms with Crippen molar-refractivity contribution in [2.45, 2.75) is 25.1 Å². The van der Waals surface area contributed by atoms with Gasteiger partial charge in [-0.2, -0.15) is 0 Å². The molecule has 0 spiro atoms. The number of likely N-dealkylation sites (N-methyl/N-ethyl adjacent to an activating group) is 1. The number of fused-ring (bicyclic) bond motifs is 2. The molecule has 0 radical (unpaired) electrons. The third kappa shape index (κ3) is 3.05. The van der Waals surface area contributed by atoms with Gasteiger partial charge in [-0.1, -0.05) is 17.7 Å². The van der Waals surface area contributed by atoms with Gasteiger partial charge in [-0.15, -0.1) is 0 Å². The number of amides is 1. The fraction of sp³-hybridized carbons (Fsp3) is 0.444. The Balaban J connectivity index is 1.57. The fourth-order valence-electron chi connectivity index (χ4n) is 3.77. The van der Waals surface area contributed by atoms with Crippen LogP contribution in [0.15, 0.2) is 29.1 Å². The monoisotopic (exact) mass is 361 g/mol. The van der Waals surface area contributed by atoms with E-state index < -0.39 is 0 Å². The van der Waals surface area contributed by atoms with E-state index in [-0.39, 0.29) is 23.5 Å². The standard InChI is InChI=1S/C18H20ClN3O3/c1-21-14-9-22(10-16(14)25-6-5-17(21)24)8-11-7-15(23)12-3-2-4-13(19)18(12)20-11/h2-4,7,14,16H,5-6,8-10H2,1H3,(H,20,23)/t14-,16-/m0/s1. The summed E-state index contributed by atoms with van der Waals surface area (Å²) in [4.78, 5) is 31.6. The molecule has 1 N–H and O–H groups in total. The second-order valence-corrected chi connectivity index (χ2v) is 7.15. The van der Waals surface area contributed by atoms with Crippen LogP contribution in [0.3, 0.4) is 0 Å². The summed E-state index contributed by atoms with van der Waals surface area (Å²) in [5, 5.41) is 1.13. The number of H-pyrrole nitrogens is 1. The maximum absolute atomic E-state index is 12.3. The fourth-order valence-corrected chi connectivity index (χ4v) is 3.99. The van der Waals surface area contributed by atoms with E-state index in [1.165, 1.54) is 0 Å². The molecule has 7 heteroatoms. The molecular formula is C18H20ClN3O3. The van der Waals surface area contributed by atoms with Crippen LogP contribution in [0.25, 0.3) is 10.9 Å². The Kier molecular flexibility index (Phi) is 4.27. The number of benzene rings is 1. The van der Waals surface area contributed by atoms with Gasteiger partial charge in [0.25, 0.3) is 0 Å². The predicted molar refractivity (Wildman–Crippen MR) is 95.8 cm³/mol. The van der Waals surface area contributed by atoms with Crippen molar-refractivity contribution in [3.63, 3.8) is 0 Å². The molecule has 2 fully saturated rings. The zero-order chi connectivity index (χ0) is 17.6. The number of hydrogen-bond donors (Lipinski definition) is 1. The highest BCUT2D eigenvalue weighted by molar-refractivity contribution is 6.35. The Labute approximate surface area is 150 Å². The Bertz CT molecular complexity index is 881. The number of hydrogen-bond acceptors (Lipinski definition) is 4. The minimum atomic E-state index is -0.0387. The third-order valence-electron chi connectivity index (χ3n) is 5.12. The number of likely N-dealkylation sites (tertiary alicyclic amines) is 1. The Hall–Kier alpha value is -1.89. The first-order chi connectivity index (χ1) is 12.0. The van der Waals surface area contributed by atoms with E-state index in [4.69, 9.17) is 16.3 Å². The normalized spacial score (nSPS) is 24.6. The zero-order valence-corrected chi connectivity index (χ0v) is 14.8. The summed E-state index contributed by atoms with van der Waals surface area (Å²) < 4.78 is 5.85. The summed E-state index contributed by atoms with van der Waals surface area (Å²) in [6.45, 7) is 2.54. The van der Waals surface area contributed by atoms with Gasteiger partial charge in [-0.3, -0.25) is 14.5 Å². The van der Waals surface area contributed by atoms with Gasteiger partial charge in [0.1, 0.15) is 0 Å². The molecule has 1 amide bonds. The first-order valence-electron chi connectivity index (χ1n) is 8.43. The molecule has 25 heavy (non-hydrogen) atoms. The van der Waals surface area contributed by atoms with E-state index in [1.54, 1.807) is 29.2 Å². The lowest BCUT2D eigenvalue weighted by Gasteiger charge is -2.25. The number of pyridine rings is 1. The Morgan fingerprint density at radius 2 is 2.16 bits per heavy atom. The summed E-state index contributed by atoms with van der Waals surface area (Å²) in [6, 6.07) is 7.00. The van der Waals surface area contributed by atoms with Crippen molar-refractivity contribution < 1.29 is 9.53 Å². The number of nitrogens with zero attached hydrogens (tertiary/aromatic N) is 2. The SMILES string of the molecule is CN1C(=O)CCO[C@H]2CN(Cc3cc(=O)c4cccc(Cl)c4[nH]3)C[C@@H]21. The number of aromatic nitrogens is 1. The first kappa shape index (κ1) is 16.6. The van der Waals surface area contributed by atoms with E-state index in [0.717, 1.165) is 18.8 Å². The number of ether oxygens (including phenoxy) is 1. The van der Waals surface area contributed by atoms with Crippen molar-refractivity contribution in [2.24, 2.45) is 0 Å². The second kappa shape index (κ2) is 6.44.